The van der Waals surface area contributed by atoms with Gasteiger partial charge >= 0.3 is 0 Å². The topological polar surface area (TPSA) is 68.0 Å². The summed E-state index contributed by atoms with van der Waals surface area (Å²) in [5.41, 5.74) is 7.18. The van der Waals surface area contributed by atoms with Crippen molar-refractivity contribution in [3.05, 3.63) is 17.8 Å². The number of amides is 1. The van der Waals surface area contributed by atoms with Gasteiger partial charge in [-0.1, -0.05) is 20.8 Å². The van der Waals surface area contributed by atoms with Crippen molar-refractivity contribution in [2.45, 2.75) is 34.1 Å². The molecule has 4 nitrogen and oxygen atoms in total. The van der Waals surface area contributed by atoms with Gasteiger partial charge in [0.15, 0.2) is 0 Å². The third kappa shape index (κ3) is 3.88. The lowest BCUT2D eigenvalue weighted by molar-refractivity contribution is -0.117. The molecular weight excluding hydrogens is 202 g/mol. The van der Waals surface area contributed by atoms with Crippen molar-refractivity contribution in [1.82, 2.24) is 4.98 Å². The maximum Gasteiger partial charge on any atom is 0.226 e. The molecule has 3 N–H and O–H groups in total. The fourth-order valence-corrected chi connectivity index (χ4v) is 1.30. The van der Waals surface area contributed by atoms with E-state index in [0.29, 0.717) is 17.9 Å². The lowest BCUT2D eigenvalue weighted by Crippen LogP contribution is -2.20. The first-order valence-corrected chi connectivity index (χ1v) is 5.30. The minimum atomic E-state index is -0.0239. The van der Waals surface area contributed by atoms with Crippen LogP contribution in [0.4, 0.5) is 11.5 Å². The summed E-state index contributed by atoms with van der Waals surface area (Å²) in [7, 11) is 0. The van der Waals surface area contributed by atoms with Crippen molar-refractivity contribution in [2.75, 3.05) is 11.1 Å². The lowest BCUT2D eigenvalue weighted by Gasteiger charge is -2.17. The molecule has 0 radical (unpaired) electrons. The van der Waals surface area contributed by atoms with Crippen molar-refractivity contribution in [1.29, 1.82) is 0 Å². The number of hydrogen-bond donors (Lipinski definition) is 2. The van der Waals surface area contributed by atoms with Crippen LogP contribution in [0.25, 0.3) is 0 Å². The Labute approximate surface area is 96.3 Å². The average Bonchev–Trinajstić information content (AvgIpc) is 2.08. The summed E-state index contributed by atoms with van der Waals surface area (Å²) < 4.78 is 0. The number of hydrogen-bond acceptors (Lipinski definition) is 3. The largest absolute Gasteiger partial charge is 0.397 e. The third-order valence-corrected chi connectivity index (χ3v) is 2.11. The minimum Gasteiger partial charge on any atom is -0.397 e. The molecule has 0 fully saturated rings. The van der Waals surface area contributed by atoms with E-state index in [1.165, 1.54) is 0 Å². The third-order valence-electron chi connectivity index (χ3n) is 2.11. The fourth-order valence-electron chi connectivity index (χ4n) is 1.30. The first-order valence-electron chi connectivity index (χ1n) is 5.30. The van der Waals surface area contributed by atoms with Gasteiger partial charge in [-0.3, -0.25) is 4.79 Å². The number of pyridine rings is 1. The van der Waals surface area contributed by atoms with Gasteiger partial charge in [0.1, 0.15) is 5.82 Å². The molecule has 0 atom stereocenters. The summed E-state index contributed by atoms with van der Waals surface area (Å²) >= 11 is 0. The van der Waals surface area contributed by atoms with E-state index in [4.69, 9.17) is 5.73 Å². The smallest absolute Gasteiger partial charge is 0.226 e. The number of aryl methyl sites for hydroxylation is 1. The minimum absolute atomic E-state index is 0.0209. The molecule has 0 spiro atoms. The Bertz CT molecular complexity index is 394. The number of anilines is 2. The standard InChI is InChI=1S/C12H19N3O/c1-8-5-10(14-7-9(8)13)15-11(16)6-12(2,3)4/h5,7H,6,13H2,1-4H3,(H,14,15,16). The van der Waals surface area contributed by atoms with Gasteiger partial charge in [-0.2, -0.15) is 0 Å². The van der Waals surface area contributed by atoms with Crippen LogP contribution < -0.4 is 11.1 Å². The molecule has 0 unspecified atom stereocenters. The van der Waals surface area contributed by atoms with Crippen LogP contribution >= 0.6 is 0 Å². The molecule has 0 saturated heterocycles. The number of nitrogens with zero attached hydrogens (tertiary/aromatic N) is 1. The van der Waals surface area contributed by atoms with Gasteiger partial charge in [-0.25, -0.2) is 4.98 Å². The summed E-state index contributed by atoms with van der Waals surface area (Å²) in [5.74, 6) is 0.533. The first-order chi connectivity index (χ1) is 7.28. The summed E-state index contributed by atoms with van der Waals surface area (Å²) in [6.07, 6.45) is 2.03. The fraction of sp³-hybridized carbons (Fsp3) is 0.500. The van der Waals surface area contributed by atoms with Crippen molar-refractivity contribution >= 4 is 17.4 Å². The van der Waals surface area contributed by atoms with Gasteiger partial charge in [-0.15, -0.1) is 0 Å². The number of nitrogen functional groups attached to an aromatic ring is 1. The van der Waals surface area contributed by atoms with E-state index < -0.39 is 0 Å². The number of carbonyl (C=O) groups excluding carboxylic acids is 1. The molecule has 0 aliphatic rings. The van der Waals surface area contributed by atoms with Crippen LogP contribution in [0.2, 0.25) is 0 Å². The number of aromatic nitrogens is 1. The second kappa shape index (κ2) is 4.51. The molecular formula is C12H19N3O. The van der Waals surface area contributed by atoms with E-state index in [9.17, 15) is 4.79 Å². The van der Waals surface area contributed by atoms with E-state index in [2.05, 4.69) is 10.3 Å². The monoisotopic (exact) mass is 221 g/mol. The van der Waals surface area contributed by atoms with Crippen molar-refractivity contribution in [3.63, 3.8) is 0 Å². The Morgan fingerprint density at radius 1 is 1.50 bits per heavy atom. The van der Waals surface area contributed by atoms with Crippen LogP contribution in [-0.2, 0) is 4.79 Å². The molecule has 1 amide bonds. The zero-order valence-corrected chi connectivity index (χ0v) is 10.3. The summed E-state index contributed by atoms with van der Waals surface area (Å²) in [6.45, 7) is 7.95. The van der Waals surface area contributed by atoms with E-state index in [-0.39, 0.29) is 11.3 Å². The second-order valence-electron chi connectivity index (χ2n) is 5.21. The van der Waals surface area contributed by atoms with Crippen LogP contribution in [0, 0.1) is 12.3 Å². The quantitative estimate of drug-likeness (QED) is 0.805. The Kier molecular flexibility index (Phi) is 3.52. The molecule has 0 aliphatic carbocycles. The second-order valence-corrected chi connectivity index (χ2v) is 5.21. The van der Waals surface area contributed by atoms with Gasteiger partial charge in [0.25, 0.3) is 0 Å². The van der Waals surface area contributed by atoms with Gasteiger partial charge < -0.3 is 11.1 Å². The SMILES string of the molecule is Cc1cc(NC(=O)CC(C)(C)C)ncc1N. The molecule has 0 saturated carbocycles. The van der Waals surface area contributed by atoms with E-state index in [1.807, 2.05) is 27.7 Å². The van der Waals surface area contributed by atoms with Crippen LogP contribution in [-0.4, -0.2) is 10.9 Å². The van der Waals surface area contributed by atoms with E-state index in [1.54, 1.807) is 12.3 Å². The molecule has 1 rings (SSSR count). The highest BCUT2D eigenvalue weighted by molar-refractivity contribution is 5.90. The lowest BCUT2D eigenvalue weighted by atomic mass is 9.92. The molecule has 88 valence electrons. The summed E-state index contributed by atoms with van der Waals surface area (Å²) in [4.78, 5) is 15.7. The van der Waals surface area contributed by atoms with Gasteiger partial charge in [0.2, 0.25) is 5.91 Å². The van der Waals surface area contributed by atoms with Crippen LogP contribution in [0.15, 0.2) is 12.3 Å². The highest BCUT2D eigenvalue weighted by atomic mass is 16.1. The number of rotatable bonds is 2. The Hall–Kier alpha value is -1.58. The Balaban J connectivity index is 2.67. The maximum absolute atomic E-state index is 11.6. The molecule has 1 heterocycles. The highest BCUT2D eigenvalue weighted by Gasteiger charge is 2.16. The van der Waals surface area contributed by atoms with Crippen LogP contribution in [0.5, 0.6) is 0 Å². The highest BCUT2D eigenvalue weighted by Crippen LogP contribution is 2.20. The van der Waals surface area contributed by atoms with Crippen LogP contribution in [0.1, 0.15) is 32.8 Å². The molecule has 1 aromatic heterocycles. The number of carbonyl (C=O) groups is 1. The van der Waals surface area contributed by atoms with Crippen molar-refractivity contribution in [3.8, 4) is 0 Å². The molecule has 4 heteroatoms. The number of nitrogens with one attached hydrogen (secondary N) is 1. The predicted octanol–water partition coefficient (Wildman–Crippen LogP) is 2.35. The predicted molar refractivity (Wildman–Crippen MR) is 66.1 cm³/mol. The number of nitrogens with two attached hydrogens (primary N) is 1. The summed E-state index contributed by atoms with van der Waals surface area (Å²) in [5, 5.41) is 2.76. The maximum atomic E-state index is 11.6. The molecule has 0 aromatic carbocycles. The van der Waals surface area contributed by atoms with Crippen molar-refractivity contribution in [2.24, 2.45) is 5.41 Å². The zero-order valence-electron chi connectivity index (χ0n) is 10.3. The Morgan fingerprint density at radius 2 is 2.12 bits per heavy atom. The normalized spacial score (nSPS) is 11.2. The van der Waals surface area contributed by atoms with Gasteiger partial charge in [-0.05, 0) is 24.0 Å². The molecule has 1 aromatic rings. The average molecular weight is 221 g/mol. The Morgan fingerprint density at radius 3 is 2.62 bits per heavy atom. The van der Waals surface area contributed by atoms with Gasteiger partial charge in [0.05, 0.1) is 11.9 Å². The van der Waals surface area contributed by atoms with Gasteiger partial charge in [0, 0.05) is 6.42 Å². The summed E-state index contributed by atoms with van der Waals surface area (Å²) in [6, 6.07) is 1.77. The van der Waals surface area contributed by atoms with Crippen LogP contribution in [0.3, 0.4) is 0 Å². The van der Waals surface area contributed by atoms with E-state index >= 15 is 0 Å². The molecule has 0 aliphatic heterocycles. The first kappa shape index (κ1) is 12.5. The van der Waals surface area contributed by atoms with Crippen molar-refractivity contribution < 1.29 is 4.79 Å². The molecule has 16 heavy (non-hydrogen) atoms. The molecule has 0 bridgehead atoms. The zero-order chi connectivity index (χ0) is 12.3. The van der Waals surface area contributed by atoms with E-state index in [0.717, 1.165) is 5.56 Å².